The summed E-state index contributed by atoms with van der Waals surface area (Å²) in [5.41, 5.74) is 7.80. The van der Waals surface area contributed by atoms with E-state index in [-0.39, 0.29) is 5.91 Å². The highest BCUT2D eigenvalue weighted by Gasteiger charge is 2.12. The molecule has 1 aromatic heterocycles. The molecular weight excluding hydrogens is 214 g/mol. The first-order chi connectivity index (χ1) is 8.13. The molecule has 1 heterocycles. The van der Waals surface area contributed by atoms with Crippen molar-refractivity contribution in [1.82, 2.24) is 10.3 Å². The highest BCUT2D eigenvalue weighted by atomic mass is 16.1. The largest absolute Gasteiger partial charge is 0.398 e. The van der Waals surface area contributed by atoms with Crippen molar-refractivity contribution >= 4 is 22.4 Å². The van der Waals surface area contributed by atoms with Gasteiger partial charge in [-0.25, -0.2) is 4.98 Å². The van der Waals surface area contributed by atoms with Crippen LogP contribution in [0.1, 0.15) is 23.1 Å². The second-order valence-electron chi connectivity index (χ2n) is 3.91. The third-order valence-electron chi connectivity index (χ3n) is 2.59. The molecule has 0 bridgehead atoms. The van der Waals surface area contributed by atoms with Crippen LogP contribution in [0, 0.1) is 6.92 Å². The van der Waals surface area contributed by atoms with Gasteiger partial charge in [0.05, 0.1) is 0 Å². The van der Waals surface area contributed by atoms with E-state index < -0.39 is 0 Å². The van der Waals surface area contributed by atoms with Crippen molar-refractivity contribution in [2.75, 3.05) is 12.3 Å². The van der Waals surface area contributed by atoms with Gasteiger partial charge in [0, 0.05) is 28.7 Å². The minimum Gasteiger partial charge on any atom is -0.398 e. The fourth-order valence-corrected chi connectivity index (χ4v) is 1.85. The number of amides is 1. The molecule has 0 saturated carbocycles. The van der Waals surface area contributed by atoms with Gasteiger partial charge in [0.25, 0.3) is 5.91 Å². The Hall–Kier alpha value is -2.10. The van der Waals surface area contributed by atoms with E-state index in [1.807, 2.05) is 38.1 Å². The number of hydrogen-bond acceptors (Lipinski definition) is 3. The second kappa shape index (κ2) is 4.41. The van der Waals surface area contributed by atoms with Crippen LogP contribution in [-0.4, -0.2) is 17.4 Å². The van der Waals surface area contributed by atoms with E-state index in [1.54, 1.807) is 0 Å². The Kier molecular flexibility index (Phi) is 2.95. The SMILES string of the molecule is CCNC(=O)c1nc(C)cc2c(N)cccc12. The predicted octanol–water partition coefficient (Wildman–Crippen LogP) is 1.88. The van der Waals surface area contributed by atoms with E-state index >= 15 is 0 Å². The fourth-order valence-electron chi connectivity index (χ4n) is 1.85. The molecule has 3 N–H and O–H groups in total. The summed E-state index contributed by atoms with van der Waals surface area (Å²) in [4.78, 5) is 16.2. The number of nitrogens with two attached hydrogens (primary N) is 1. The van der Waals surface area contributed by atoms with E-state index in [2.05, 4.69) is 10.3 Å². The average Bonchev–Trinajstić information content (AvgIpc) is 2.30. The lowest BCUT2D eigenvalue weighted by molar-refractivity contribution is 0.0952. The Bertz CT molecular complexity index is 578. The Morgan fingerprint density at radius 1 is 1.41 bits per heavy atom. The second-order valence-corrected chi connectivity index (χ2v) is 3.91. The molecule has 88 valence electrons. The molecule has 0 atom stereocenters. The Morgan fingerprint density at radius 2 is 2.18 bits per heavy atom. The van der Waals surface area contributed by atoms with Gasteiger partial charge in [-0.1, -0.05) is 12.1 Å². The van der Waals surface area contributed by atoms with Gasteiger partial charge in [0.1, 0.15) is 5.69 Å². The predicted molar refractivity (Wildman–Crippen MR) is 68.9 cm³/mol. The van der Waals surface area contributed by atoms with Crippen LogP contribution in [0.3, 0.4) is 0 Å². The van der Waals surface area contributed by atoms with Gasteiger partial charge in [-0.15, -0.1) is 0 Å². The van der Waals surface area contributed by atoms with Crippen molar-refractivity contribution in [2.45, 2.75) is 13.8 Å². The van der Waals surface area contributed by atoms with Crippen LogP contribution in [0.4, 0.5) is 5.69 Å². The molecule has 0 unspecified atom stereocenters. The third-order valence-corrected chi connectivity index (χ3v) is 2.59. The highest BCUT2D eigenvalue weighted by Crippen LogP contribution is 2.23. The number of nitrogen functional groups attached to an aromatic ring is 1. The Morgan fingerprint density at radius 3 is 2.88 bits per heavy atom. The number of aromatic nitrogens is 1. The first kappa shape index (κ1) is 11.4. The third kappa shape index (κ3) is 2.06. The zero-order valence-corrected chi connectivity index (χ0v) is 9.95. The molecule has 1 aromatic carbocycles. The number of nitrogens with one attached hydrogen (secondary N) is 1. The van der Waals surface area contributed by atoms with Gasteiger partial charge >= 0.3 is 0 Å². The standard InChI is InChI=1S/C13H15N3O/c1-3-15-13(17)12-9-5-4-6-11(14)10(9)7-8(2)16-12/h4-7H,3,14H2,1-2H3,(H,15,17). The number of fused-ring (bicyclic) bond motifs is 1. The number of nitrogens with zero attached hydrogens (tertiary/aromatic N) is 1. The molecule has 1 amide bonds. The maximum atomic E-state index is 11.9. The maximum Gasteiger partial charge on any atom is 0.270 e. The van der Waals surface area contributed by atoms with Gasteiger partial charge in [0.15, 0.2) is 0 Å². The van der Waals surface area contributed by atoms with E-state index in [4.69, 9.17) is 5.73 Å². The minimum absolute atomic E-state index is 0.160. The maximum absolute atomic E-state index is 11.9. The van der Waals surface area contributed by atoms with Gasteiger partial charge in [0.2, 0.25) is 0 Å². The molecule has 2 rings (SSSR count). The molecule has 4 heteroatoms. The molecule has 0 saturated heterocycles. The fraction of sp³-hybridized carbons (Fsp3) is 0.231. The zero-order valence-electron chi connectivity index (χ0n) is 9.95. The summed E-state index contributed by atoms with van der Waals surface area (Å²) in [5, 5.41) is 4.43. The molecule has 0 aliphatic carbocycles. The van der Waals surface area contributed by atoms with Crippen molar-refractivity contribution in [3.8, 4) is 0 Å². The summed E-state index contributed by atoms with van der Waals surface area (Å²) >= 11 is 0. The number of anilines is 1. The van der Waals surface area contributed by atoms with Crippen LogP contribution in [0.25, 0.3) is 10.8 Å². The van der Waals surface area contributed by atoms with E-state index in [1.165, 1.54) is 0 Å². The van der Waals surface area contributed by atoms with Gasteiger partial charge in [-0.05, 0) is 26.0 Å². The summed E-state index contributed by atoms with van der Waals surface area (Å²) in [6.07, 6.45) is 0. The van der Waals surface area contributed by atoms with Crippen molar-refractivity contribution in [2.24, 2.45) is 0 Å². The number of aryl methyl sites for hydroxylation is 1. The minimum atomic E-state index is -0.160. The first-order valence-corrected chi connectivity index (χ1v) is 5.57. The van der Waals surface area contributed by atoms with Crippen LogP contribution in [0.5, 0.6) is 0 Å². The quantitative estimate of drug-likeness (QED) is 0.772. The number of benzene rings is 1. The number of carbonyl (C=O) groups is 1. The van der Waals surface area contributed by atoms with Crippen LogP contribution >= 0.6 is 0 Å². The highest BCUT2D eigenvalue weighted by molar-refractivity contribution is 6.08. The summed E-state index contributed by atoms with van der Waals surface area (Å²) in [7, 11) is 0. The smallest absolute Gasteiger partial charge is 0.270 e. The van der Waals surface area contributed by atoms with Crippen LogP contribution < -0.4 is 11.1 Å². The van der Waals surface area contributed by atoms with Crippen molar-refractivity contribution in [1.29, 1.82) is 0 Å². The summed E-state index contributed by atoms with van der Waals surface area (Å²) in [6.45, 7) is 4.32. The van der Waals surface area contributed by atoms with E-state index in [0.717, 1.165) is 16.5 Å². The Labute approximate surface area is 99.8 Å². The normalized spacial score (nSPS) is 10.5. The lowest BCUT2D eigenvalue weighted by atomic mass is 10.1. The van der Waals surface area contributed by atoms with Crippen molar-refractivity contribution in [3.63, 3.8) is 0 Å². The molecular formula is C13H15N3O. The zero-order chi connectivity index (χ0) is 12.4. The van der Waals surface area contributed by atoms with Crippen LogP contribution in [-0.2, 0) is 0 Å². The average molecular weight is 229 g/mol. The molecule has 4 nitrogen and oxygen atoms in total. The molecule has 2 aromatic rings. The van der Waals surface area contributed by atoms with Gasteiger partial charge in [-0.2, -0.15) is 0 Å². The van der Waals surface area contributed by atoms with Crippen LogP contribution in [0.15, 0.2) is 24.3 Å². The lowest BCUT2D eigenvalue weighted by Crippen LogP contribution is -2.24. The number of carbonyl (C=O) groups excluding carboxylic acids is 1. The topological polar surface area (TPSA) is 68.0 Å². The van der Waals surface area contributed by atoms with E-state index in [9.17, 15) is 4.79 Å². The summed E-state index contributed by atoms with van der Waals surface area (Å²) < 4.78 is 0. The molecule has 0 aliphatic heterocycles. The summed E-state index contributed by atoms with van der Waals surface area (Å²) in [5.74, 6) is -0.160. The van der Waals surface area contributed by atoms with Gasteiger partial charge in [-0.3, -0.25) is 4.79 Å². The molecule has 0 radical (unpaired) electrons. The van der Waals surface area contributed by atoms with Crippen molar-refractivity contribution in [3.05, 3.63) is 35.7 Å². The monoisotopic (exact) mass is 229 g/mol. The van der Waals surface area contributed by atoms with Crippen LogP contribution in [0.2, 0.25) is 0 Å². The molecule has 0 spiro atoms. The molecule has 0 fully saturated rings. The number of hydrogen-bond donors (Lipinski definition) is 2. The number of pyridine rings is 1. The molecule has 17 heavy (non-hydrogen) atoms. The summed E-state index contributed by atoms with van der Waals surface area (Å²) in [6, 6.07) is 7.41. The van der Waals surface area contributed by atoms with Crippen molar-refractivity contribution < 1.29 is 4.79 Å². The van der Waals surface area contributed by atoms with E-state index in [0.29, 0.717) is 17.9 Å². The van der Waals surface area contributed by atoms with Gasteiger partial charge < -0.3 is 11.1 Å². The molecule has 0 aliphatic rings. The number of rotatable bonds is 2. The Balaban J connectivity index is 2.70. The first-order valence-electron chi connectivity index (χ1n) is 5.57. The lowest BCUT2D eigenvalue weighted by Gasteiger charge is -2.08.